The number of carbonyl (C=O) groups is 1. The minimum atomic E-state index is -0.242. The molecule has 0 bridgehead atoms. The van der Waals surface area contributed by atoms with Gasteiger partial charge in [0.15, 0.2) is 5.96 Å². The van der Waals surface area contributed by atoms with Crippen molar-refractivity contribution >= 4 is 35.8 Å². The van der Waals surface area contributed by atoms with E-state index in [2.05, 4.69) is 34.8 Å². The van der Waals surface area contributed by atoms with Crippen LogP contribution in [0.2, 0.25) is 0 Å². The Balaban J connectivity index is 0.00000312. The standard InChI is InChI=1S/C19H30N4O.HI/c1-6-20-18(22-16-10-13(16)2)21-12-14-8-7-9-15(11-14)17(24)23-19(3,4)5;/h7-9,11,13,16H,6,10,12H2,1-5H3,(H,23,24)(H2,20,21,22);1H. The number of nitrogens with one attached hydrogen (secondary N) is 3. The Bertz CT molecular complexity index is 610. The van der Waals surface area contributed by atoms with Gasteiger partial charge in [0.25, 0.3) is 5.91 Å². The van der Waals surface area contributed by atoms with E-state index in [-0.39, 0.29) is 35.4 Å². The lowest BCUT2D eigenvalue weighted by molar-refractivity contribution is 0.0919. The molecule has 1 aliphatic carbocycles. The van der Waals surface area contributed by atoms with Gasteiger partial charge in [0.2, 0.25) is 0 Å². The molecular weight excluding hydrogens is 427 g/mol. The average Bonchev–Trinajstić information content (AvgIpc) is 3.19. The van der Waals surface area contributed by atoms with Gasteiger partial charge in [-0.05, 0) is 57.7 Å². The molecule has 1 amide bonds. The topological polar surface area (TPSA) is 65.5 Å². The third-order valence-electron chi connectivity index (χ3n) is 3.87. The van der Waals surface area contributed by atoms with Crippen molar-refractivity contribution in [1.82, 2.24) is 16.0 Å². The lowest BCUT2D eigenvalue weighted by atomic mass is 10.1. The summed E-state index contributed by atoms with van der Waals surface area (Å²) in [5, 5.41) is 9.70. The van der Waals surface area contributed by atoms with Crippen LogP contribution in [-0.2, 0) is 6.54 Å². The van der Waals surface area contributed by atoms with Gasteiger partial charge in [0, 0.05) is 23.7 Å². The summed E-state index contributed by atoms with van der Waals surface area (Å²) in [6.45, 7) is 11.6. The Labute approximate surface area is 168 Å². The molecule has 6 heteroatoms. The van der Waals surface area contributed by atoms with Gasteiger partial charge >= 0.3 is 0 Å². The molecular formula is C19H31IN4O. The van der Waals surface area contributed by atoms with Crippen molar-refractivity contribution in [3.8, 4) is 0 Å². The molecule has 25 heavy (non-hydrogen) atoms. The van der Waals surface area contributed by atoms with Gasteiger partial charge in [-0.15, -0.1) is 24.0 Å². The van der Waals surface area contributed by atoms with E-state index in [0.717, 1.165) is 24.0 Å². The Morgan fingerprint density at radius 1 is 1.32 bits per heavy atom. The van der Waals surface area contributed by atoms with Crippen LogP contribution in [0.25, 0.3) is 0 Å². The SMILES string of the molecule is CCNC(=NCc1cccc(C(=O)NC(C)(C)C)c1)NC1CC1C.I. The van der Waals surface area contributed by atoms with Crippen LogP contribution in [0.1, 0.15) is 57.0 Å². The van der Waals surface area contributed by atoms with Gasteiger partial charge in [-0.3, -0.25) is 4.79 Å². The van der Waals surface area contributed by atoms with Gasteiger partial charge < -0.3 is 16.0 Å². The lowest BCUT2D eigenvalue weighted by Gasteiger charge is -2.20. The molecule has 2 rings (SSSR count). The monoisotopic (exact) mass is 458 g/mol. The molecule has 140 valence electrons. The van der Waals surface area contributed by atoms with Crippen molar-refractivity contribution in [1.29, 1.82) is 0 Å². The quantitative estimate of drug-likeness (QED) is 0.361. The molecule has 0 aromatic heterocycles. The van der Waals surface area contributed by atoms with Crippen molar-refractivity contribution in [3.63, 3.8) is 0 Å². The van der Waals surface area contributed by atoms with Gasteiger partial charge in [0.1, 0.15) is 0 Å². The molecule has 0 saturated heterocycles. The highest BCUT2D eigenvalue weighted by Gasteiger charge is 2.33. The van der Waals surface area contributed by atoms with Crippen LogP contribution in [0, 0.1) is 5.92 Å². The van der Waals surface area contributed by atoms with E-state index in [1.165, 1.54) is 6.42 Å². The zero-order valence-corrected chi connectivity index (χ0v) is 18.2. The predicted molar refractivity (Wildman–Crippen MR) is 115 cm³/mol. The number of hydrogen-bond acceptors (Lipinski definition) is 2. The van der Waals surface area contributed by atoms with Crippen molar-refractivity contribution in [2.75, 3.05) is 6.54 Å². The van der Waals surface area contributed by atoms with E-state index in [1.807, 2.05) is 45.0 Å². The first-order valence-electron chi connectivity index (χ1n) is 8.75. The zero-order valence-electron chi connectivity index (χ0n) is 15.8. The summed E-state index contributed by atoms with van der Waals surface area (Å²) in [5.41, 5.74) is 1.46. The molecule has 2 atom stereocenters. The lowest BCUT2D eigenvalue weighted by Crippen LogP contribution is -2.40. The van der Waals surface area contributed by atoms with Crippen LogP contribution >= 0.6 is 24.0 Å². The highest BCUT2D eigenvalue weighted by Crippen LogP contribution is 2.28. The first kappa shape index (κ1) is 21.7. The third-order valence-corrected chi connectivity index (χ3v) is 3.87. The molecule has 3 N–H and O–H groups in total. The number of benzene rings is 1. The summed E-state index contributed by atoms with van der Waals surface area (Å²) in [6, 6.07) is 8.19. The van der Waals surface area contributed by atoms with Crippen LogP contribution in [0.5, 0.6) is 0 Å². The van der Waals surface area contributed by atoms with Crippen molar-refractivity contribution < 1.29 is 4.79 Å². The Kier molecular flexibility index (Phi) is 8.18. The van der Waals surface area contributed by atoms with Crippen LogP contribution in [0.3, 0.4) is 0 Å². The predicted octanol–water partition coefficient (Wildman–Crippen LogP) is 3.30. The normalized spacial score (nSPS) is 19.6. The number of nitrogens with zero attached hydrogens (tertiary/aromatic N) is 1. The molecule has 2 unspecified atom stereocenters. The number of rotatable bonds is 5. The fourth-order valence-electron chi connectivity index (χ4n) is 2.41. The largest absolute Gasteiger partial charge is 0.357 e. The summed E-state index contributed by atoms with van der Waals surface area (Å²) < 4.78 is 0. The zero-order chi connectivity index (χ0) is 17.7. The smallest absolute Gasteiger partial charge is 0.251 e. The van der Waals surface area contributed by atoms with Crippen molar-refractivity contribution in [3.05, 3.63) is 35.4 Å². The summed E-state index contributed by atoms with van der Waals surface area (Å²) in [4.78, 5) is 16.9. The summed E-state index contributed by atoms with van der Waals surface area (Å²) in [6.07, 6.45) is 1.20. The van der Waals surface area contributed by atoms with Crippen LogP contribution < -0.4 is 16.0 Å². The molecule has 0 radical (unpaired) electrons. The summed E-state index contributed by atoms with van der Waals surface area (Å²) in [5.74, 6) is 1.51. The van der Waals surface area contributed by atoms with Gasteiger partial charge in [-0.2, -0.15) is 0 Å². The fraction of sp³-hybridized carbons (Fsp3) is 0.579. The molecule has 5 nitrogen and oxygen atoms in total. The van der Waals surface area contributed by atoms with Crippen LogP contribution in [-0.4, -0.2) is 30.0 Å². The highest BCUT2D eigenvalue weighted by atomic mass is 127. The van der Waals surface area contributed by atoms with Crippen molar-refractivity contribution in [2.45, 2.75) is 59.2 Å². The molecule has 0 spiro atoms. The van der Waals surface area contributed by atoms with Crippen LogP contribution in [0.15, 0.2) is 29.3 Å². The fourth-order valence-corrected chi connectivity index (χ4v) is 2.41. The minimum Gasteiger partial charge on any atom is -0.357 e. The second-order valence-corrected chi connectivity index (χ2v) is 7.56. The number of hydrogen-bond donors (Lipinski definition) is 3. The van der Waals surface area contributed by atoms with Gasteiger partial charge in [-0.25, -0.2) is 4.99 Å². The second-order valence-electron chi connectivity index (χ2n) is 7.56. The molecule has 1 aliphatic rings. The molecule has 1 aromatic rings. The van der Waals surface area contributed by atoms with Gasteiger partial charge in [0.05, 0.1) is 6.54 Å². The number of amides is 1. The Morgan fingerprint density at radius 2 is 2.00 bits per heavy atom. The van der Waals surface area contributed by atoms with E-state index in [9.17, 15) is 4.79 Å². The molecule has 0 aliphatic heterocycles. The average molecular weight is 458 g/mol. The number of halogens is 1. The van der Waals surface area contributed by atoms with Crippen molar-refractivity contribution in [2.24, 2.45) is 10.9 Å². The highest BCUT2D eigenvalue weighted by molar-refractivity contribution is 14.0. The maximum absolute atomic E-state index is 12.3. The van der Waals surface area contributed by atoms with E-state index in [0.29, 0.717) is 18.2 Å². The van der Waals surface area contributed by atoms with E-state index < -0.39 is 0 Å². The Hall–Kier alpha value is -1.31. The van der Waals surface area contributed by atoms with E-state index in [1.54, 1.807) is 0 Å². The molecule has 1 aromatic carbocycles. The maximum atomic E-state index is 12.3. The minimum absolute atomic E-state index is 0. The van der Waals surface area contributed by atoms with Gasteiger partial charge in [-0.1, -0.05) is 19.1 Å². The third kappa shape index (κ3) is 7.63. The van der Waals surface area contributed by atoms with E-state index in [4.69, 9.17) is 0 Å². The Morgan fingerprint density at radius 3 is 2.56 bits per heavy atom. The first-order chi connectivity index (χ1) is 11.3. The number of carbonyl (C=O) groups excluding carboxylic acids is 1. The van der Waals surface area contributed by atoms with E-state index >= 15 is 0 Å². The first-order valence-corrected chi connectivity index (χ1v) is 8.75. The molecule has 0 heterocycles. The second kappa shape index (κ2) is 9.40. The maximum Gasteiger partial charge on any atom is 0.251 e. The number of guanidine groups is 1. The molecule has 1 saturated carbocycles. The summed E-state index contributed by atoms with van der Waals surface area (Å²) in [7, 11) is 0. The van der Waals surface area contributed by atoms with Crippen LogP contribution in [0.4, 0.5) is 0 Å². The molecule has 1 fully saturated rings. The number of aliphatic imine (C=N–C) groups is 1. The summed E-state index contributed by atoms with van der Waals surface area (Å²) >= 11 is 0.